The summed E-state index contributed by atoms with van der Waals surface area (Å²) in [5.74, 6) is 0. The Balaban J connectivity index is 2.73. The summed E-state index contributed by atoms with van der Waals surface area (Å²) in [5, 5.41) is 1.04. The first kappa shape index (κ1) is 11.1. The first-order valence-electron chi connectivity index (χ1n) is 4.69. The second kappa shape index (κ2) is 4.24. The minimum atomic E-state index is 0.474. The molecule has 0 bridgehead atoms. The molecular formula is C12H10Cl2N2. The van der Waals surface area contributed by atoms with Crippen molar-refractivity contribution in [1.82, 2.24) is 0 Å². The van der Waals surface area contributed by atoms with Crippen LogP contribution >= 0.6 is 23.2 Å². The molecule has 4 N–H and O–H groups in total. The average molecular weight is 253 g/mol. The van der Waals surface area contributed by atoms with Crippen molar-refractivity contribution in [2.75, 3.05) is 11.5 Å². The summed E-state index contributed by atoms with van der Waals surface area (Å²) in [6.07, 6.45) is 0. The number of nitrogen functional groups attached to an aromatic ring is 2. The van der Waals surface area contributed by atoms with Gasteiger partial charge >= 0.3 is 0 Å². The van der Waals surface area contributed by atoms with Gasteiger partial charge in [0.1, 0.15) is 0 Å². The summed E-state index contributed by atoms with van der Waals surface area (Å²) >= 11 is 12.2. The van der Waals surface area contributed by atoms with Gasteiger partial charge in [0.25, 0.3) is 0 Å². The lowest BCUT2D eigenvalue weighted by molar-refractivity contribution is 1.60. The Kier molecular flexibility index (Phi) is 2.95. The second-order valence-corrected chi connectivity index (χ2v) is 4.20. The summed E-state index contributed by atoms with van der Waals surface area (Å²) in [6, 6.07) is 10.7. The second-order valence-electron chi connectivity index (χ2n) is 3.41. The van der Waals surface area contributed by atoms with Crippen molar-refractivity contribution in [3.05, 3.63) is 46.4 Å². The number of benzene rings is 2. The van der Waals surface area contributed by atoms with Gasteiger partial charge < -0.3 is 11.5 Å². The predicted molar refractivity (Wildman–Crippen MR) is 70.7 cm³/mol. The standard InChI is InChI=1S/C12H10Cl2N2/c13-8-4-2-5-9(15)11(8)7-3-1-6-10(16)12(7)14/h1-6H,15-16H2. The van der Waals surface area contributed by atoms with Crippen molar-refractivity contribution >= 4 is 34.6 Å². The van der Waals surface area contributed by atoms with E-state index in [0.29, 0.717) is 21.4 Å². The third kappa shape index (κ3) is 1.82. The zero-order chi connectivity index (χ0) is 11.7. The van der Waals surface area contributed by atoms with Gasteiger partial charge in [-0.1, -0.05) is 41.4 Å². The first-order valence-corrected chi connectivity index (χ1v) is 5.45. The minimum Gasteiger partial charge on any atom is -0.398 e. The molecule has 0 aliphatic rings. The predicted octanol–water partition coefficient (Wildman–Crippen LogP) is 3.82. The summed E-state index contributed by atoms with van der Waals surface area (Å²) in [6.45, 7) is 0. The third-order valence-corrected chi connectivity index (χ3v) is 3.08. The van der Waals surface area contributed by atoms with Gasteiger partial charge in [0, 0.05) is 16.8 Å². The molecule has 2 aromatic carbocycles. The lowest BCUT2D eigenvalue weighted by Gasteiger charge is -2.11. The largest absolute Gasteiger partial charge is 0.398 e. The molecule has 0 fully saturated rings. The molecule has 0 atom stereocenters. The Morgan fingerprint density at radius 1 is 0.812 bits per heavy atom. The van der Waals surface area contributed by atoms with Crippen LogP contribution in [0.3, 0.4) is 0 Å². The molecule has 2 nitrogen and oxygen atoms in total. The van der Waals surface area contributed by atoms with E-state index in [0.717, 1.165) is 11.1 Å². The fourth-order valence-electron chi connectivity index (χ4n) is 1.57. The molecular weight excluding hydrogens is 243 g/mol. The smallest absolute Gasteiger partial charge is 0.0715 e. The maximum absolute atomic E-state index is 6.13. The summed E-state index contributed by atoms with van der Waals surface area (Å²) in [5.41, 5.74) is 14.2. The molecule has 2 aromatic rings. The van der Waals surface area contributed by atoms with Gasteiger partial charge in [-0.2, -0.15) is 0 Å². The van der Waals surface area contributed by atoms with Crippen molar-refractivity contribution in [1.29, 1.82) is 0 Å². The van der Waals surface area contributed by atoms with Gasteiger partial charge in [0.05, 0.1) is 15.7 Å². The summed E-state index contributed by atoms with van der Waals surface area (Å²) in [7, 11) is 0. The highest BCUT2D eigenvalue weighted by Crippen LogP contribution is 2.39. The van der Waals surface area contributed by atoms with Crippen LogP contribution in [0.25, 0.3) is 11.1 Å². The Hall–Kier alpha value is -1.38. The molecule has 0 unspecified atom stereocenters. The van der Waals surface area contributed by atoms with Gasteiger partial charge in [-0.3, -0.25) is 0 Å². The van der Waals surface area contributed by atoms with Crippen molar-refractivity contribution in [2.24, 2.45) is 0 Å². The molecule has 0 heterocycles. The Morgan fingerprint density at radius 2 is 1.44 bits per heavy atom. The monoisotopic (exact) mass is 252 g/mol. The highest BCUT2D eigenvalue weighted by atomic mass is 35.5. The van der Waals surface area contributed by atoms with E-state index in [-0.39, 0.29) is 0 Å². The highest BCUT2D eigenvalue weighted by molar-refractivity contribution is 6.38. The number of anilines is 2. The Morgan fingerprint density at radius 3 is 2.12 bits per heavy atom. The zero-order valence-electron chi connectivity index (χ0n) is 8.37. The molecule has 0 aliphatic heterocycles. The number of nitrogens with two attached hydrogens (primary N) is 2. The van der Waals surface area contributed by atoms with E-state index in [2.05, 4.69) is 0 Å². The minimum absolute atomic E-state index is 0.474. The molecule has 2 rings (SSSR count). The summed E-state index contributed by atoms with van der Waals surface area (Å²) < 4.78 is 0. The zero-order valence-corrected chi connectivity index (χ0v) is 9.89. The van der Waals surface area contributed by atoms with Crippen LogP contribution in [0.1, 0.15) is 0 Å². The number of hydrogen-bond donors (Lipinski definition) is 2. The lowest BCUT2D eigenvalue weighted by Crippen LogP contribution is -1.93. The van der Waals surface area contributed by atoms with E-state index in [9.17, 15) is 0 Å². The molecule has 4 heteroatoms. The molecule has 0 amide bonds. The number of rotatable bonds is 1. The van der Waals surface area contributed by atoms with Gasteiger partial charge in [-0.05, 0) is 18.2 Å². The van der Waals surface area contributed by atoms with Crippen LogP contribution in [0.4, 0.5) is 11.4 Å². The van der Waals surface area contributed by atoms with Crippen LogP contribution < -0.4 is 11.5 Å². The van der Waals surface area contributed by atoms with Crippen molar-refractivity contribution in [3.8, 4) is 11.1 Å². The Bertz CT molecular complexity index is 518. The quantitative estimate of drug-likeness (QED) is 0.759. The summed E-state index contributed by atoms with van der Waals surface area (Å²) in [4.78, 5) is 0. The van der Waals surface area contributed by atoms with E-state index >= 15 is 0 Å². The van der Waals surface area contributed by atoms with E-state index in [1.165, 1.54) is 0 Å². The Labute approximate surface area is 104 Å². The van der Waals surface area contributed by atoms with Crippen molar-refractivity contribution in [2.45, 2.75) is 0 Å². The maximum atomic E-state index is 6.13. The number of halogens is 2. The van der Waals surface area contributed by atoms with Crippen LogP contribution in [0, 0.1) is 0 Å². The third-order valence-electron chi connectivity index (χ3n) is 2.34. The van der Waals surface area contributed by atoms with Crippen LogP contribution in [0.5, 0.6) is 0 Å². The van der Waals surface area contributed by atoms with E-state index < -0.39 is 0 Å². The first-order chi connectivity index (χ1) is 7.61. The normalized spacial score (nSPS) is 10.4. The average Bonchev–Trinajstić information content (AvgIpc) is 2.24. The fraction of sp³-hybridized carbons (Fsp3) is 0. The number of hydrogen-bond acceptors (Lipinski definition) is 2. The lowest BCUT2D eigenvalue weighted by atomic mass is 10.0. The van der Waals surface area contributed by atoms with Gasteiger partial charge in [-0.15, -0.1) is 0 Å². The molecule has 0 spiro atoms. The fourth-order valence-corrected chi connectivity index (χ4v) is 2.07. The molecule has 0 radical (unpaired) electrons. The molecule has 0 aromatic heterocycles. The van der Waals surface area contributed by atoms with Crippen LogP contribution in [0.2, 0.25) is 10.0 Å². The van der Waals surface area contributed by atoms with Crippen molar-refractivity contribution in [3.63, 3.8) is 0 Å². The highest BCUT2D eigenvalue weighted by Gasteiger charge is 2.12. The van der Waals surface area contributed by atoms with E-state index in [1.807, 2.05) is 12.1 Å². The van der Waals surface area contributed by atoms with Crippen molar-refractivity contribution < 1.29 is 0 Å². The topological polar surface area (TPSA) is 52.0 Å². The van der Waals surface area contributed by atoms with E-state index in [1.54, 1.807) is 24.3 Å². The van der Waals surface area contributed by atoms with Gasteiger partial charge in [0.15, 0.2) is 0 Å². The molecule has 0 saturated heterocycles. The molecule has 0 aliphatic carbocycles. The SMILES string of the molecule is Nc1cccc(-c2c(N)cccc2Cl)c1Cl. The molecule has 0 saturated carbocycles. The van der Waals surface area contributed by atoms with Crippen LogP contribution in [-0.2, 0) is 0 Å². The maximum Gasteiger partial charge on any atom is 0.0715 e. The van der Waals surface area contributed by atoms with E-state index in [4.69, 9.17) is 34.7 Å². The van der Waals surface area contributed by atoms with Crippen LogP contribution in [-0.4, -0.2) is 0 Å². The molecule has 16 heavy (non-hydrogen) atoms. The van der Waals surface area contributed by atoms with Gasteiger partial charge in [0.2, 0.25) is 0 Å². The van der Waals surface area contributed by atoms with Crippen LogP contribution in [0.15, 0.2) is 36.4 Å². The molecule has 82 valence electrons. The van der Waals surface area contributed by atoms with Gasteiger partial charge in [-0.25, -0.2) is 0 Å².